The first-order chi connectivity index (χ1) is 13.0. The second-order valence-corrected chi connectivity index (χ2v) is 9.76. The Kier molecular flexibility index (Phi) is 7.70. The van der Waals surface area contributed by atoms with E-state index in [1.165, 1.54) is 19.1 Å². The van der Waals surface area contributed by atoms with Gasteiger partial charge in [0.05, 0.1) is 11.9 Å². The van der Waals surface area contributed by atoms with Crippen LogP contribution in [0, 0.1) is 5.82 Å². The fourth-order valence-electron chi connectivity index (χ4n) is 2.08. The molecule has 0 bridgehead atoms. The van der Waals surface area contributed by atoms with Crippen molar-refractivity contribution >= 4 is 54.9 Å². The number of hydrogen-bond acceptors (Lipinski definition) is 6. The first kappa shape index (κ1) is 22.5. The molecule has 1 aromatic carbocycles. The molecule has 0 saturated carbocycles. The van der Waals surface area contributed by atoms with Crippen LogP contribution in [0.1, 0.15) is 21.5 Å². The van der Waals surface area contributed by atoms with Crippen molar-refractivity contribution in [3.63, 3.8) is 0 Å². The molecule has 7 nitrogen and oxygen atoms in total. The van der Waals surface area contributed by atoms with E-state index in [2.05, 4.69) is 26.0 Å². The Morgan fingerprint density at radius 3 is 2.64 bits per heavy atom. The normalized spacial score (nSPS) is 12.4. The van der Waals surface area contributed by atoms with Gasteiger partial charge < -0.3 is 10.1 Å². The molecule has 0 fully saturated rings. The number of anilines is 1. The highest BCUT2D eigenvalue weighted by atomic mass is 79.9. The van der Waals surface area contributed by atoms with Gasteiger partial charge in [-0.3, -0.25) is 4.79 Å². The van der Waals surface area contributed by atoms with Crippen LogP contribution in [-0.4, -0.2) is 39.2 Å². The number of sulfonamides is 1. The van der Waals surface area contributed by atoms with Gasteiger partial charge in [0.1, 0.15) is 10.7 Å². The van der Waals surface area contributed by atoms with Crippen molar-refractivity contribution in [2.24, 2.45) is 0 Å². The van der Waals surface area contributed by atoms with Crippen molar-refractivity contribution in [3.8, 4) is 0 Å². The molecule has 0 saturated heterocycles. The second-order valence-electron chi connectivity index (χ2n) is 5.84. The van der Waals surface area contributed by atoms with Gasteiger partial charge >= 0.3 is 5.97 Å². The summed E-state index contributed by atoms with van der Waals surface area (Å²) in [7, 11) is -3.27. The number of hydrogen-bond donors (Lipinski definition) is 2. The maximum Gasteiger partial charge on any atom is 0.349 e. The monoisotopic (exact) mass is 492 g/mol. The van der Waals surface area contributed by atoms with E-state index < -0.39 is 33.8 Å². The topological polar surface area (TPSA) is 102 Å². The van der Waals surface area contributed by atoms with Crippen LogP contribution in [0.25, 0.3) is 0 Å². The zero-order valence-corrected chi connectivity index (χ0v) is 18.2. The van der Waals surface area contributed by atoms with Crippen LogP contribution in [0.4, 0.5) is 10.1 Å². The predicted octanol–water partition coefficient (Wildman–Crippen LogP) is 2.93. The number of carbonyl (C=O) groups is 2. The van der Waals surface area contributed by atoms with E-state index in [1.54, 1.807) is 18.2 Å². The van der Waals surface area contributed by atoms with Crippen LogP contribution in [0.2, 0.25) is 0 Å². The first-order valence-electron chi connectivity index (χ1n) is 8.05. The number of rotatable bonds is 8. The molecule has 11 heteroatoms. The summed E-state index contributed by atoms with van der Waals surface area (Å²) < 4.78 is 43.9. The Morgan fingerprint density at radius 1 is 1.29 bits per heavy atom. The van der Waals surface area contributed by atoms with Crippen molar-refractivity contribution in [2.75, 3.05) is 18.1 Å². The van der Waals surface area contributed by atoms with Crippen LogP contribution >= 0.6 is 27.3 Å². The van der Waals surface area contributed by atoms with E-state index >= 15 is 0 Å². The predicted molar refractivity (Wildman–Crippen MR) is 108 cm³/mol. The van der Waals surface area contributed by atoms with Crippen LogP contribution in [-0.2, 0) is 26.0 Å². The Hall–Kier alpha value is -1.82. The number of benzene rings is 1. The van der Waals surface area contributed by atoms with E-state index in [0.29, 0.717) is 10.9 Å². The number of halogens is 2. The third-order valence-corrected chi connectivity index (χ3v) is 5.79. The van der Waals surface area contributed by atoms with E-state index in [0.717, 1.165) is 22.5 Å². The number of thiophene rings is 1. The van der Waals surface area contributed by atoms with Gasteiger partial charge in [-0.1, -0.05) is 15.9 Å². The Balaban J connectivity index is 1.90. The third-order valence-electron chi connectivity index (χ3n) is 3.44. The highest BCUT2D eigenvalue weighted by molar-refractivity contribution is 9.10. The van der Waals surface area contributed by atoms with Gasteiger partial charge in [-0.15, -0.1) is 11.3 Å². The average Bonchev–Trinajstić information content (AvgIpc) is 3.05. The molecule has 2 N–H and O–H groups in total. The number of nitrogens with one attached hydrogen (secondary N) is 2. The minimum absolute atomic E-state index is 0.0205. The fourth-order valence-corrected chi connectivity index (χ4v) is 3.78. The third kappa shape index (κ3) is 6.97. The molecular formula is C17H18BrFN2O5S2. The summed E-state index contributed by atoms with van der Waals surface area (Å²) in [6.07, 6.45) is 0.355. The molecule has 0 unspecified atom stereocenters. The SMILES string of the molecule is C[C@@H](OC(=O)c1ccc(CCNS(C)(=O)=O)s1)C(=O)Nc1ccc(Br)cc1F. The van der Waals surface area contributed by atoms with Gasteiger partial charge in [-0.05, 0) is 43.7 Å². The Morgan fingerprint density at radius 2 is 2.00 bits per heavy atom. The van der Waals surface area contributed by atoms with Gasteiger partial charge in [0.15, 0.2) is 6.10 Å². The zero-order valence-electron chi connectivity index (χ0n) is 15.0. The fraction of sp³-hybridized carbons (Fsp3) is 0.294. The average molecular weight is 493 g/mol. The Bertz CT molecular complexity index is 978. The van der Waals surface area contributed by atoms with Gasteiger partial charge in [-0.25, -0.2) is 22.3 Å². The molecule has 2 aromatic rings. The molecule has 2 rings (SSSR count). The summed E-state index contributed by atoms with van der Waals surface area (Å²) >= 11 is 4.27. The Labute approximate surface area is 174 Å². The molecule has 1 heterocycles. The number of esters is 1. The lowest BCUT2D eigenvalue weighted by atomic mass is 10.3. The van der Waals surface area contributed by atoms with Crippen LogP contribution in [0.5, 0.6) is 0 Å². The lowest BCUT2D eigenvalue weighted by Gasteiger charge is -2.13. The molecule has 0 spiro atoms. The van der Waals surface area contributed by atoms with E-state index in [-0.39, 0.29) is 17.1 Å². The first-order valence-corrected chi connectivity index (χ1v) is 11.6. The molecule has 0 aliphatic carbocycles. The van der Waals surface area contributed by atoms with E-state index in [1.807, 2.05) is 0 Å². The zero-order chi connectivity index (χ0) is 20.9. The molecule has 28 heavy (non-hydrogen) atoms. The molecule has 1 aromatic heterocycles. The van der Waals surface area contributed by atoms with Crippen molar-refractivity contribution < 1.29 is 27.1 Å². The van der Waals surface area contributed by atoms with E-state index in [9.17, 15) is 22.4 Å². The summed E-state index contributed by atoms with van der Waals surface area (Å²) in [6.45, 7) is 1.60. The highest BCUT2D eigenvalue weighted by Gasteiger charge is 2.21. The number of carbonyl (C=O) groups excluding carboxylic acids is 2. The molecule has 0 aliphatic heterocycles. The summed E-state index contributed by atoms with van der Waals surface area (Å²) in [4.78, 5) is 25.4. The number of amides is 1. The van der Waals surface area contributed by atoms with Gasteiger partial charge in [-0.2, -0.15) is 0 Å². The molecule has 152 valence electrons. The summed E-state index contributed by atoms with van der Waals surface area (Å²) in [5.41, 5.74) is -0.0205. The van der Waals surface area contributed by atoms with Crippen LogP contribution < -0.4 is 10.0 Å². The molecular weight excluding hydrogens is 475 g/mol. The lowest BCUT2D eigenvalue weighted by Crippen LogP contribution is -2.30. The molecule has 0 radical (unpaired) electrons. The van der Waals surface area contributed by atoms with Crippen molar-refractivity contribution in [3.05, 3.63) is 50.4 Å². The maximum atomic E-state index is 13.8. The summed E-state index contributed by atoms with van der Waals surface area (Å²) in [5.74, 6) is -1.97. The van der Waals surface area contributed by atoms with Gasteiger partial charge in [0.2, 0.25) is 10.0 Å². The minimum Gasteiger partial charge on any atom is -0.448 e. The highest BCUT2D eigenvalue weighted by Crippen LogP contribution is 2.21. The second kappa shape index (κ2) is 9.59. The minimum atomic E-state index is -3.27. The van der Waals surface area contributed by atoms with Crippen molar-refractivity contribution in [1.29, 1.82) is 0 Å². The molecule has 1 amide bonds. The summed E-state index contributed by atoms with van der Waals surface area (Å²) in [6, 6.07) is 7.40. The van der Waals surface area contributed by atoms with Crippen molar-refractivity contribution in [1.82, 2.24) is 4.72 Å². The maximum absolute atomic E-state index is 13.8. The van der Waals surface area contributed by atoms with Crippen LogP contribution in [0.15, 0.2) is 34.8 Å². The molecule has 1 atom stereocenters. The quantitative estimate of drug-likeness (QED) is 0.551. The summed E-state index contributed by atoms with van der Waals surface area (Å²) in [5, 5.41) is 2.37. The lowest BCUT2D eigenvalue weighted by molar-refractivity contribution is -0.123. The van der Waals surface area contributed by atoms with Gasteiger partial charge in [0, 0.05) is 15.9 Å². The van der Waals surface area contributed by atoms with E-state index in [4.69, 9.17) is 4.74 Å². The van der Waals surface area contributed by atoms with Crippen LogP contribution in [0.3, 0.4) is 0 Å². The van der Waals surface area contributed by atoms with Crippen molar-refractivity contribution in [2.45, 2.75) is 19.4 Å². The molecule has 0 aliphatic rings. The standard InChI is InChI=1S/C17H18BrFN2O5S2/c1-10(16(22)21-14-5-3-11(18)9-13(14)19)26-17(23)15-6-4-12(27-15)7-8-20-28(2,24)25/h3-6,9-10,20H,7-8H2,1-2H3,(H,21,22)/t10-/m1/s1. The smallest absolute Gasteiger partial charge is 0.349 e. The number of ether oxygens (including phenoxy) is 1. The van der Waals surface area contributed by atoms with Gasteiger partial charge in [0.25, 0.3) is 5.91 Å². The largest absolute Gasteiger partial charge is 0.448 e.